The molecular formula is C24H24N2O3. The van der Waals surface area contributed by atoms with Gasteiger partial charge < -0.3 is 5.32 Å². The molecule has 3 amide bonds. The van der Waals surface area contributed by atoms with Crippen LogP contribution in [0.1, 0.15) is 48.7 Å². The Morgan fingerprint density at radius 2 is 1.66 bits per heavy atom. The lowest BCUT2D eigenvalue weighted by atomic mass is 9.82. The summed E-state index contributed by atoms with van der Waals surface area (Å²) in [7, 11) is 0. The van der Waals surface area contributed by atoms with E-state index in [1.54, 1.807) is 24.3 Å². The van der Waals surface area contributed by atoms with E-state index in [1.807, 2.05) is 44.2 Å². The summed E-state index contributed by atoms with van der Waals surface area (Å²) in [5.41, 5.74) is 3.20. The van der Waals surface area contributed by atoms with Gasteiger partial charge in [-0.2, -0.15) is 0 Å². The monoisotopic (exact) mass is 388 g/mol. The maximum Gasteiger partial charge on any atom is 0.251 e. The van der Waals surface area contributed by atoms with Gasteiger partial charge in [0, 0.05) is 5.56 Å². The normalized spacial score (nSPS) is 22.1. The Balaban J connectivity index is 1.47. The fourth-order valence-electron chi connectivity index (χ4n) is 4.16. The quantitative estimate of drug-likeness (QED) is 0.635. The zero-order chi connectivity index (χ0) is 20.5. The summed E-state index contributed by atoms with van der Waals surface area (Å²) in [5, 5.41) is 2.97. The number of carbonyl (C=O) groups is 3. The number of rotatable bonds is 4. The molecule has 0 bridgehead atoms. The molecule has 1 fully saturated rings. The summed E-state index contributed by atoms with van der Waals surface area (Å²) in [6.45, 7) is 3.93. The van der Waals surface area contributed by atoms with Gasteiger partial charge in [-0.1, -0.05) is 42.0 Å². The average Bonchev–Trinajstić information content (AvgIpc) is 2.98. The number of nitrogens with zero attached hydrogens (tertiary/aromatic N) is 1. The van der Waals surface area contributed by atoms with Crippen molar-refractivity contribution in [3.05, 3.63) is 77.4 Å². The molecule has 2 aromatic carbocycles. The number of carbonyl (C=O) groups excluding carboxylic acids is 3. The van der Waals surface area contributed by atoms with Crippen LogP contribution in [0, 0.1) is 11.8 Å². The highest BCUT2D eigenvalue weighted by Crippen LogP contribution is 2.39. The van der Waals surface area contributed by atoms with Crippen LogP contribution in [0.15, 0.2) is 66.2 Å². The molecule has 0 saturated carbocycles. The van der Waals surface area contributed by atoms with Gasteiger partial charge in [0.15, 0.2) is 0 Å². The maximum atomic E-state index is 12.8. The van der Waals surface area contributed by atoms with Gasteiger partial charge in [-0.3, -0.25) is 19.3 Å². The van der Waals surface area contributed by atoms with Crippen molar-refractivity contribution in [1.82, 2.24) is 5.32 Å². The molecule has 2 aromatic rings. The molecule has 29 heavy (non-hydrogen) atoms. The van der Waals surface area contributed by atoms with Crippen molar-refractivity contribution in [1.29, 1.82) is 0 Å². The lowest BCUT2D eigenvalue weighted by molar-refractivity contribution is -0.122. The fourth-order valence-corrected chi connectivity index (χ4v) is 4.16. The molecule has 1 aliphatic heterocycles. The Bertz CT molecular complexity index is 979. The van der Waals surface area contributed by atoms with E-state index in [0.29, 0.717) is 24.1 Å². The van der Waals surface area contributed by atoms with Crippen LogP contribution in [0.5, 0.6) is 0 Å². The maximum absolute atomic E-state index is 12.8. The molecule has 3 unspecified atom stereocenters. The average molecular weight is 388 g/mol. The number of allylic oxidation sites excluding steroid dienone is 2. The molecule has 3 atom stereocenters. The van der Waals surface area contributed by atoms with Gasteiger partial charge in [-0.05, 0) is 56.5 Å². The smallest absolute Gasteiger partial charge is 0.251 e. The predicted molar refractivity (Wildman–Crippen MR) is 111 cm³/mol. The van der Waals surface area contributed by atoms with Crippen molar-refractivity contribution < 1.29 is 14.4 Å². The number of fused-ring (bicyclic) bond motifs is 1. The molecule has 5 heteroatoms. The van der Waals surface area contributed by atoms with E-state index in [0.717, 1.165) is 11.1 Å². The molecule has 1 aliphatic carbocycles. The van der Waals surface area contributed by atoms with Crippen LogP contribution < -0.4 is 10.2 Å². The summed E-state index contributed by atoms with van der Waals surface area (Å²) < 4.78 is 0. The van der Waals surface area contributed by atoms with E-state index in [4.69, 9.17) is 0 Å². The largest absolute Gasteiger partial charge is 0.346 e. The number of benzene rings is 2. The first-order chi connectivity index (χ1) is 14.0. The van der Waals surface area contributed by atoms with Crippen LogP contribution in [0.3, 0.4) is 0 Å². The second-order valence-corrected chi connectivity index (χ2v) is 7.87. The van der Waals surface area contributed by atoms with Crippen LogP contribution in [0.2, 0.25) is 0 Å². The Morgan fingerprint density at radius 1 is 1.00 bits per heavy atom. The zero-order valence-corrected chi connectivity index (χ0v) is 16.6. The number of hydrogen-bond acceptors (Lipinski definition) is 3. The number of amides is 3. The Hall–Kier alpha value is -3.21. The highest BCUT2D eigenvalue weighted by molar-refractivity contribution is 6.22. The topological polar surface area (TPSA) is 66.5 Å². The van der Waals surface area contributed by atoms with Crippen molar-refractivity contribution in [2.75, 3.05) is 4.90 Å². The number of nitrogens with one attached hydrogen (secondary N) is 1. The minimum absolute atomic E-state index is 0.121. The van der Waals surface area contributed by atoms with Crippen LogP contribution in [0.4, 0.5) is 5.69 Å². The van der Waals surface area contributed by atoms with Crippen molar-refractivity contribution in [2.24, 2.45) is 11.8 Å². The lowest BCUT2D eigenvalue weighted by Crippen LogP contribution is -2.31. The molecule has 1 N–H and O–H groups in total. The first-order valence-electron chi connectivity index (χ1n) is 9.95. The van der Waals surface area contributed by atoms with Crippen molar-refractivity contribution in [3.8, 4) is 0 Å². The zero-order valence-electron chi connectivity index (χ0n) is 16.6. The molecule has 5 nitrogen and oxygen atoms in total. The summed E-state index contributed by atoms with van der Waals surface area (Å²) in [6, 6.07) is 16.3. The molecule has 2 aliphatic rings. The van der Waals surface area contributed by atoms with Gasteiger partial charge in [-0.15, -0.1) is 0 Å². The van der Waals surface area contributed by atoms with Gasteiger partial charge in [0.05, 0.1) is 23.6 Å². The lowest BCUT2D eigenvalue weighted by Gasteiger charge is -2.18. The molecule has 0 radical (unpaired) electrons. The van der Waals surface area contributed by atoms with Crippen LogP contribution in [-0.2, 0) is 9.59 Å². The van der Waals surface area contributed by atoms with Gasteiger partial charge in [0.25, 0.3) is 5.91 Å². The number of imide groups is 1. The van der Waals surface area contributed by atoms with Crippen molar-refractivity contribution in [2.45, 2.75) is 32.7 Å². The predicted octanol–water partition coefficient (Wildman–Crippen LogP) is 4.02. The van der Waals surface area contributed by atoms with Gasteiger partial charge in [0.2, 0.25) is 11.8 Å². The molecule has 148 valence electrons. The van der Waals surface area contributed by atoms with Gasteiger partial charge >= 0.3 is 0 Å². The first kappa shape index (κ1) is 19.1. The Kier molecular flexibility index (Phi) is 5.05. The number of hydrogen-bond donors (Lipinski definition) is 1. The van der Waals surface area contributed by atoms with E-state index in [1.165, 1.54) is 4.90 Å². The van der Waals surface area contributed by atoms with Crippen LogP contribution in [-0.4, -0.2) is 17.7 Å². The summed E-state index contributed by atoms with van der Waals surface area (Å²) in [6.07, 6.45) is 3.32. The van der Waals surface area contributed by atoms with Gasteiger partial charge in [-0.25, -0.2) is 0 Å². The molecular weight excluding hydrogens is 364 g/mol. The third kappa shape index (κ3) is 3.60. The van der Waals surface area contributed by atoms with Crippen molar-refractivity contribution >= 4 is 23.4 Å². The molecule has 0 aromatic heterocycles. The molecule has 1 heterocycles. The molecule has 1 saturated heterocycles. The third-order valence-corrected chi connectivity index (χ3v) is 5.86. The number of anilines is 1. The Morgan fingerprint density at radius 3 is 2.34 bits per heavy atom. The third-order valence-electron chi connectivity index (χ3n) is 5.86. The summed E-state index contributed by atoms with van der Waals surface area (Å²) >= 11 is 0. The Labute approximate surface area is 170 Å². The van der Waals surface area contributed by atoms with E-state index in [9.17, 15) is 14.4 Å². The minimum Gasteiger partial charge on any atom is -0.346 e. The van der Waals surface area contributed by atoms with Crippen LogP contribution in [0.25, 0.3) is 0 Å². The standard InChI is InChI=1S/C24H24N2O3/c1-15-8-13-20-21(14-15)24(29)26(23(20)28)19-11-9-18(10-12-19)22(27)25-16(2)17-6-4-3-5-7-17/h3-12,16,20-21H,13-14H2,1-2H3,(H,25,27). The second kappa shape index (κ2) is 7.66. The first-order valence-corrected chi connectivity index (χ1v) is 9.95. The van der Waals surface area contributed by atoms with Crippen LogP contribution >= 0.6 is 0 Å². The van der Waals surface area contributed by atoms with E-state index >= 15 is 0 Å². The fraction of sp³-hybridized carbons (Fsp3) is 0.292. The van der Waals surface area contributed by atoms with E-state index < -0.39 is 0 Å². The van der Waals surface area contributed by atoms with Gasteiger partial charge in [0.1, 0.15) is 0 Å². The summed E-state index contributed by atoms with van der Waals surface area (Å²) in [5.74, 6) is -0.996. The summed E-state index contributed by atoms with van der Waals surface area (Å²) in [4.78, 5) is 39.4. The molecule has 4 rings (SSSR count). The highest BCUT2D eigenvalue weighted by atomic mass is 16.2. The second-order valence-electron chi connectivity index (χ2n) is 7.87. The van der Waals surface area contributed by atoms with E-state index in [2.05, 4.69) is 11.4 Å². The SMILES string of the molecule is CC1=CCC2C(=O)N(c3ccc(C(=O)NC(C)c4ccccc4)cc3)C(=O)C2C1. The minimum atomic E-state index is -0.263. The van der Waals surface area contributed by atoms with Crippen molar-refractivity contribution in [3.63, 3.8) is 0 Å². The van der Waals surface area contributed by atoms with E-state index in [-0.39, 0.29) is 35.6 Å². The molecule has 0 spiro atoms. The highest BCUT2D eigenvalue weighted by Gasteiger charge is 2.48.